The predicted octanol–water partition coefficient (Wildman–Crippen LogP) is 2.12. The predicted molar refractivity (Wildman–Crippen MR) is 69.2 cm³/mol. The van der Waals surface area contributed by atoms with Crippen molar-refractivity contribution in [2.75, 3.05) is 17.3 Å². The second-order valence-corrected chi connectivity index (χ2v) is 3.88. The van der Waals surface area contributed by atoms with E-state index in [4.69, 9.17) is 5.48 Å². The number of carbonyl (C=O) groups excluding carboxylic acids is 1. The Morgan fingerprint density at radius 2 is 2.28 bits per heavy atom. The van der Waals surface area contributed by atoms with Crippen LogP contribution in [-0.2, 0) is 0 Å². The second-order valence-electron chi connectivity index (χ2n) is 3.88. The maximum Gasteiger partial charge on any atom is 0.259 e. The Kier molecular flexibility index (Phi) is 1.50. The lowest BCUT2D eigenvalue weighted by Gasteiger charge is -2.18. The molecule has 1 amide bonds. The standard InChI is InChI=1S/C13H12N4O/c1-8-5-7-15-12-10(8)16-13(18)9-4-3-6-14-11(9)17(12)2/h3-7H,1-2H3,(H,16,18)/i1D3,6D. The zero-order valence-electron chi connectivity index (χ0n) is 13.6. The van der Waals surface area contributed by atoms with E-state index in [1.165, 1.54) is 29.3 Å². The molecule has 5 heteroatoms. The van der Waals surface area contributed by atoms with Gasteiger partial charge in [-0.1, -0.05) is 0 Å². The number of rotatable bonds is 0. The van der Waals surface area contributed by atoms with Crippen molar-refractivity contribution in [1.29, 1.82) is 0 Å². The van der Waals surface area contributed by atoms with Gasteiger partial charge in [0.2, 0.25) is 0 Å². The molecular formula is C13H12N4O. The summed E-state index contributed by atoms with van der Waals surface area (Å²) in [6.07, 6.45) is 1.38. The first-order valence-electron chi connectivity index (χ1n) is 7.31. The molecule has 3 rings (SSSR count). The highest BCUT2D eigenvalue weighted by Gasteiger charge is 2.25. The fraction of sp³-hybridized carbons (Fsp3) is 0.154. The van der Waals surface area contributed by atoms with E-state index in [1.807, 2.05) is 0 Å². The molecule has 0 atom stereocenters. The molecule has 2 aromatic heterocycles. The fourth-order valence-corrected chi connectivity index (χ4v) is 1.90. The van der Waals surface area contributed by atoms with Crippen molar-refractivity contribution in [1.82, 2.24) is 9.97 Å². The third-order valence-corrected chi connectivity index (χ3v) is 2.79. The first-order valence-corrected chi connectivity index (χ1v) is 5.31. The minimum Gasteiger partial charge on any atom is -0.318 e. The number of nitrogens with zero attached hydrogens (tertiary/aromatic N) is 3. The molecule has 5 nitrogen and oxygen atoms in total. The van der Waals surface area contributed by atoms with Crippen LogP contribution < -0.4 is 10.2 Å². The molecule has 0 fully saturated rings. The van der Waals surface area contributed by atoms with Crippen molar-refractivity contribution in [2.24, 2.45) is 0 Å². The first kappa shape index (κ1) is 7.10. The van der Waals surface area contributed by atoms with Gasteiger partial charge in [-0.15, -0.1) is 0 Å². The smallest absolute Gasteiger partial charge is 0.259 e. The number of aromatic nitrogens is 2. The third-order valence-electron chi connectivity index (χ3n) is 2.79. The summed E-state index contributed by atoms with van der Waals surface area (Å²) in [6, 6.07) is 4.25. The molecule has 0 unspecified atom stereocenters. The molecule has 0 spiro atoms. The van der Waals surface area contributed by atoms with Gasteiger partial charge in [0.1, 0.15) is 5.82 Å². The Labute approximate surface area is 110 Å². The number of hydrogen-bond donors (Lipinski definition) is 1. The molecule has 90 valence electrons. The molecule has 0 radical (unpaired) electrons. The van der Waals surface area contributed by atoms with Crippen LogP contribution in [0.3, 0.4) is 0 Å². The number of fused-ring (bicyclic) bond motifs is 2. The SMILES string of the molecule is [2H]c1ccc2c(n1)N(C)c1nccc(C([2H])([2H])[2H])c1NC2=O. The molecule has 0 saturated heterocycles. The van der Waals surface area contributed by atoms with Crippen LogP contribution in [0.25, 0.3) is 0 Å². The second kappa shape index (κ2) is 3.80. The van der Waals surface area contributed by atoms with Crippen LogP contribution in [0.4, 0.5) is 17.3 Å². The van der Waals surface area contributed by atoms with Crippen LogP contribution in [0, 0.1) is 6.85 Å². The van der Waals surface area contributed by atoms with Gasteiger partial charge in [-0.25, -0.2) is 9.97 Å². The molecule has 1 aliphatic heterocycles. The van der Waals surface area contributed by atoms with Gasteiger partial charge in [0.05, 0.1) is 12.6 Å². The molecule has 0 saturated carbocycles. The number of amides is 1. The quantitative estimate of drug-likeness (QED) is 0.771. The van der Waals surface area contributed by atoms with Crippen LogP contribution in [0.5, 0.6) is 0 Å². The molecule has 0 bridgehead atoms. The lowest BCUT2D eigenvalue weighted by atomic mass is 10.2. The molecule has 1 N–H and O–H groups in total. The summed E-state index contributed by atoms with van der Waals surface area (Å²) >= 11 is 0. The Morgan fingerprint density at radius 3 is 3.11 bits per heavy atom. The Hall–Kier alpha value is -2.43. The zero-order valence-corrected chi connectivity index (χ0v) is 9.56. The van der Waals surface area contributed by atoms with E-state index in [1.54, 1.807) is 7.05 Å². The Balaban J connectivity index is 2.27. The first-order chi connectivity index (χ1) is 10.3. The fourth-order valence-electron chi connectivity index (χ4n) is 1.90. The minimum atomic E-state index is -2.38. The number of nitrogens with one attached hydrogen (secondary N) is 1. The van der Waals surface area contributed by atoms with E-state index in [0.717, 1.165) is 0 Å². The van der Waals surface area contributed by atoms with Crippen molar-refractivity contribution in [2.45, 2.75) is 6.85 Å². The Morgan fingerprint density at radius 1 is 1.39 bits per heavy atom. The van der Waals surface area contributed by atoms with Crippen molar-refractivity contribution in [3.05, 3.63) is 41.7 Å². The summed E-state index contributed by atoms with van der Waals surface area (Å²) in [7, 11) is 1.63. The average Bonchev–Trinajstić information content (AvgIpc) is 2.54. The van der Waals surface area contributed by atoms with E-state index < -0.39 is 12.8 Å². The highest BCUT2D eigenvalue weighted by Crippen LogP contribution is 2.35. The number of hydrogen-bond acceptors (Lipinski definition) is 4. The highest BCUT2D eigenvalue weighted by atomic mass is 16.1. The highest BCUT2D eigenvalue weighted by molar-refractivity contribution is 6.11. The van der Waals surface area contributed by atoms with Crippen LogP contribution in [0.1, 0.15) is 21.4 Å². The minimum absolute atomic E-state index is 0.00817. The lowest BCUT2D eigenvalue weighted by molar-refractivity contribution is 0.102. The van der Waals surface area contributed by atoms with Crippen molar-refractivity contribution >= 4 is 23.2 Å². The summed E-state index contributed by atoms with van der Waals surface area (Å²) in [6.45, 7) is -2.38. The molecular weight excluding hydrogens is 228 g/mol. The van der Waals surface area contributed by atoms with Gasteiger partial charge in [0.25, 0.3) is 5.91 Å². The largest absolute Gasteiger partial charge is 0.318 e. The van der Waals surface area contributed by atoms with Gasteiger partial charge < -0.3 is 10.2 Å². The molecule has 3 heterocycles. The molecule has 2 aromatic rings. The van der Waals surface area contributed by atoms with Crippen molar-refractivity contribution in [3.63, 3.8) is 0 Å². The summed E-state index contributed by atoms with van der Waals surface area (Å²) in [4.78, 5) is 22.1. The van der Waals surface area contributed by atoms with E-state index in [0.29, 0.717) is 0 Å². The van der Waals surface area contributed by atoms with Crippen LogP contribution in [0.15, 0.2) is 30.6 Å². The molecule has 1 aliphatic rings. The van der Waals surface area contributed by atoms with Gasteiger partial charge in [0.15, 0.2) is 5.82 Å². The summed E-state index contributed by atoms with van der Waals surface area (Å²) in [5.41, 5.74) is 0.407. The van der Waals surface area contributed by atoms with Gasteiger partial charge in [-0.05, 0) is 30.6 Å². The van der Waals surface area contributed by atoms with Crippen molar-refractivity contribution < 1.29 is 10.3 Å². The number of anilines is 3. The van der Waals surface area contributed by atoms with Gasteiger partial charge in [0, 0.05) is 23.5 Å². The normalized spacial score (nSPS) is 17.4. The average molecular weight is 244 g/mol. The molecule has 0 aromatic carbocycles. The summed E-state index contributed by atoms with van der Waals surface area (Å²) in [5, 5.41) is 2.60. The van der Waals surface area contributed by atoms with Gasteiger partial charge >= 0.3 is 0 Å². The van der Waals surface area contributed by atoms with Gasteiger partial charge in [-0.3, -0.25) is 4.79 Å². The Bertz CT molecular complexity index is 775. The topological polar surface area (TPSA) is 58.1 Å². The maximum absolute atomic E-state index is 12.4. The summed E-state index contributed by atoms with van der Waals surface area (Å²) < 4.78 is 30.4. The zero-order chi connectivity index (χ0) is 16.1. The van der Waals surface area contributed by atoms with Crippen LogP contribution >= 0.6 is 0 Å². The van der Waals surface area contributed by atoms with E-state index in [2.05, 4.69) is 15.3 Å². The summed E-state index contributed by atoms with van der Waals surface area (Å²) in [5.74, 6) is 0.0596. The third kappa shape index (κ3) is 1.44. The number of carbonyl (C=O) groups is 1. The molecule has 18 heavy (non-hydrogen) atoms. The molecule has 0 aliphatic carbocycles. The number of aryl methyl sites for hydroxylation is 1. The number of pyridine rings is 2. The monoisotopic (exact) mass is 244 g/mol. The van der Waals surface area contributed by atoms with E-state index in [9.17, 15) is 4.79 Å². The van der Waals surface area contributed by atoms with E-state index in [-0.39, 0.29) is 34.6 Å². The van der Waals surface area contributed by atoms with Crippen LogP contribution in [0.2, 0.25) is 0 Å². The van der Waals surface area contributed by atoms with E-state index >= 15 is 0 Å². The van der Waals surface area contributed by atoms with Gasteiger partial charge in [-0.2, -0.15) is 0 Å². The van der Waals surface area contributed by atoms with Crippen molar-refractivity contribution in [3.8, 4) is 0 Å². The maximum atomic E-state index is 12.4. The lowest BCUT2D eigenvalue weighted by Crippen LogP contribution is -2.14. The van der Waals surface area contributed by atoms with Crippen LogP contribution in [-0.4, -0.2) is 22.9 Å².